The molecule has 0 aromatic rings. The van der Waals surface area contributed by atoms with Crippen LogP contribution in [-0.4, -0.2) is 25.7 Å². The molecule has 0 aromatic carbocycles. The van der Waals surface area contributed by atoms with E-state index < -0.39 is 0 Å². The largest absolute Gasteiger partial charge is 0.466 e. The standard InChI is InChI=1S/C12H19NO2/c1-5-7-10(3)13-9-8-11(6-2)12(14)15-4/h1,8,10,13H,6-7,9H2,2-4H3. The van der Waals surface area contributed by atoms with Crippen LogP contribution in [0.3, 0.4) is 0 Å². The fourth-order valence-corrected chi connectivity index (χ4v) is 1.14. The molecule has 0 saturated heterocycles. The number of terminal acetylenes is 1. The van der Waals surface area contributed by atoms with Crippen LogP contribution >= 0.6 is 0 Å². The Morgan fingerprint density at radius 2 is 2.33 bits per heavy atom. The summed E-state index contributed by atoms with van der Waals surface area (Å²) < 4.78 is 4.64. The van der Waals surface area contributed by atoms with Crippen molar-refractivity contribution >= 4 is 5.97 Å². The number of nitrogens with one attached hydrogen (secondary N) is 1. The summed E-state index contributed by atoms with van der Waals surface area (Å²) in [5.41, 5.74) is 0.693. The summed E-state index contributed by atoms with van der Waals surface area (Å²) in [5, 5.41) is 3.20. The summed E-state index contributed by atoms with van der Waals surface area (Å²) in [5.74, 6) is 2.32. The Morgan fingerprint density at radius 1 is 1.67 bits per heavy atom. The first-order chi connectivity index (χ1) is 7.15. The molecule has 0 spiro atoms. The van der Waals surface area contributed by atoms with Gasteiger partial charge in [0.25, 0.3) is 0 Å². The second kappa shape index (κ2) is 8.07. The number of carbonyl (C=O) groups excluding carboxylic acids is 1. The molecule has 0 aliphatic heterocycles. The second-order valence-electron chi connectivity index (χ2n) is 3.29. The Labute approximate surface area is 91.9 Å². The normalized spacial score (nSPS) is 13.1. The highest BCUT2D eigenvalue weighted by molar-refractivity contribution is 5.88. The number of carbonyl (C=O) groups is 1. The SMILES string of the molecule is C#CCC(C)NCC=C(CC)C(=O)OC. The summed E-state index contributed by atoms with van der Waals surface area (Å²) >= 11 is 0. The van der Waals surface area contributed by atoms with Crippen molar-refractivity contribution in [1.82, 2.24) is 5.32 Å². The quantitative estimate of drug-likeness (QED) is 0.409. The molecule has 1 atom stereocenters. The number of esters is 1. The predicted molar refractivity (Wildman–Crippen MR) is 61.3 cm³/mol. The highest BCUT2D eigenvalue weighted by atomic mass is 16.5. The smallest absolute Gasteiger partial charge is 0.333 e. The number of methoxy groups -OCH3 is 1. The van der Waals surface area contributed by atoms with E-state index in [2.05, 4.69) is 16.0 Å². The van der Waals surface area contributed by atoms with E-state index in [1.807, 2.05) is 19.9 Å². The Bertz CT molecular complexity index is 263. The van der Waals surface area contributed by atoms with Gasteiger partial charge in [0.1, 0.15) is 0 Å². The van der Waals surface area contributed by atoms with Crippen LogP contribution in [0.1, 0.15) is 26.7 Å². The number of hydrogen-bond acceptors (Lipinski definition) is 3. The van der Waals surface area contributed by atoms with Crippen molar-refractivity contribution in [3.05, 3.63) is 11.6 Å². The van der Waals surface area contributed by atoms with Crippen molar-refractivity contribution in [2.24, 2.45) is 0 Å². The first-order valence-electron chi connectivity index (χ1n) is 5.09. The van der Waals surface area contributed by atoms with E-state index in [0.717, 1.165) is 0 Å². The van der Waals surface area contributed by atoms with Crippen molar-refractivity contribution in [3.8, 4) is 12.3 Å². The average Bonchev–Trinajstić information content (AvgIpc) is 2.24. The molecule has 0 aliphatic rings. The minimum absolute atomic E-state index is 0.260. The Hall–Kier alpha value is -1.27. The average molecular weight is 209 g/mol. The molecule has 0 aliphatic carbocycles. The van der Waals surface area contributed by atoms with Gasteiger partial charge in [0.05, 0.1) is 7.11 Å². The molecule has 0 amide bonds. The van der Waals surface area contributed by atoms with Crippen LogP contribution < -0.4 is 5.32 Å². The molecule has 0 radical (unpaired) electrons. The lowest BCUT2D eigenvalue weighted by atomic mass is 10.2. The molecule has 0 bridgehead atoms. The summed E-state index contributed by atoms with van der Waals surface area (Å²) in [4.78, 5) is 11.2. The van der Waals surface area contributed by atoms with Gasteiger partial charge in [-0.05, 0) is 13.3 Å². The molecule has 3 nitrogen and oxygen atoms in total. The van der Waals surface area contributed by atoms with E-state index in [9.17, 15) is 4.79 Å². The molecular formula is C12H19NO2. The summed E-state index contributed by atoms with van der Waals surface area (Å²) in [6.45, 7) is 4.58. The Morgan fingerprint density at radius 3 is 2.80 bits per heavy atom. The van der Waals surface area contributed by atoms with E-state index in [1.54, 1.807) is 0 Å². The van der Waals surface area contributed by atoms with Gasteiger partial charge >= 0.3 is 5.97 Å². The fraction of sp³-hybridized carbons (Fsp3) is 0.583. The van der Waals surface area contributed by atoms with Gasteiger partial charge < -0.3 is 10.1 Å². The van der Waals surface area contributed by atoms with Crippen LogP contribution in [0.15, 0.2) is 11.6 Å². The minimum Gasteiger partial charge on any atom is -0.466 e. The van der Waals surface area contributed by atoms with Gasteiger partial charge in [-0.3, -0.25) is 0 Å². The highest BCUT2D eigenvalue weighted by Gasteiger charge is 2.06. The van der Waals surface area contributed by atoms with E-state index in [-0.39, 0.29) is 12.0 Å². The first-order valence-corrected chi connectivity index (χ1v) is 5.09. The van der Waals surface area contributed by atoms with Crippen LogP contribution in [0.25, 0.3) is 0 Å². The maximum absolute atomic E-state index is 11.2. The Balaban J connectivity index is 4.02. The second-order valence-corrected chi connectivity index (χ2v) is 3.29. The van der Waals surface area contributed by atoms with Gasteiger partial charge in [-0.15, -0.1) is 12.3 Å². The van der Waals surface area contributed by atoms with Crippen molar-refractivity contribution in [1.29, 1.82) is 0 Å². The van der Waals surface area contributed by atoms with Gasteiger partial charge in [-0.2, -0.15) is 0 Å². The monoisotopic (exact) mass is 209 g/mol. The van der Waals surface area contributed by atoms with E-state index >= 15 is 0 Å². The molecule has 1 unspecified atom stereocenters. The molecular weight excluding hydrogens is 190 g/mol. The number of rotatable bonds is 6. The molecule has 1 N–H and O–H groups in total. The molecule has 0 aromatic heterocycles. The highest BCUT2D eigenvalue weighted by Crippen LogP contribution is 2.02. The number of ether oxygens (including phenoxy) is 1. The van der Waals surface area contributed by atoms with Gasteiger partial charge in [-0.25, -0.2) is 4.79 Å². The molecule has 84 valence electrons. The zero-order chi connectivity index (χ0) is 11.7. The summed E-state index contributed by atoms with van der Waals surface area (Å²) in [7, 11) is 1.39. The minimum atomic E-state index is -0.260. The third-order valence-electron chi connectivity index (χ3n) is 2.07. The molecule has 0 rings (SSSR count). The van der Waals surface area contributed by atoms with Crippen LogP contribution in [0, 0.1) is 12.3 Å². The predicted octanol–water partition coefficient (Wildman–Crippen LogP) is 1.50. The van der Waals surface area contributed by atoms with Crippen molar-refractivity contribution < 1.29 is 9.53 Å². The maximum atomic E-state index is 11.2. The Kier molecular flexibility index (Phi) is 7.39. The third kappa shape index (κ3) is 5.92. The van der Waals surface area contributed by atoms with Crippen molar-refractivity contribution in [2.75, 3.05) is 13.7 Å². The van der Waals surface area contributed by atoms with Gasteiger partial charge in [-0.1, -0.05) is 13.0 Å². The summed E-state index contributed by atoms with van der Waals surface area (Å²) in [6, 6.07) is 0.266. The van der Waals surface area contributed by atoms with Crippen LogP contribution in [0.4, 0.5) is 0 Å². The van der Waals surface area contributed by atoms with Crippen molar-refractivity contribution in [2.45, 2.75) is 32.7 Å². The number of hydrogen-bond donors (Lipinski definition) is 1. The zero-order valence-electron chi connectivity index (χ0n) is 9.67. The first kappa shape index (κ1) is 13.7. The van der Waals surface area contributed by atoms with E-state index in [4.69, 9.17) is 6.42 Å². The van der Waals surface area contributed by atoms with Crippen LogP contribution in [0.2, 0.25) is 0 Å². The lowest BCUT2D eigenvalue weighted by Gasteiger charge is -2.09. The zero-order valence-corrected chi connectivity index (χ0v) is 9.67. The third-order valence-corrected chi connectivity index (χ3v) is 2.07. The lowest BCUT2D eigenvalue weighted by Crippen LogP contribution is -2.26. The van der Waals surface area contributed by atoms with E-state index in [0.29, 0.717) is 25.0 Å². The van der Waals surface area contributed by atoms with Crippen LogP contribution in [-0.2, 0) is 9.53 Å². The molecule has 3 heteroatoms. The topological polar surface area (TPSA) is 38.3 Å². The van der Waals surface area contributed by atoms with Gasteiger partial charge in [0.2, 0.25) is 0 Å². The maximum Gasteiger partial charge on any atom is 0.333 e. The van der Waals surface area contributed by atoms with Crippen LogP contribution in [0.5, 0.6) is 0 Å². The molecule has 15 heavy (non-hydrogen) atoms. The van der Waals surface area contributed by atoms with Gasteiger partial charge in [0.15, 0.2) is 0 Å². The van der Waals surface area contributed by atoms with Crippen molar-refractivity contribution in [3.63, 3.8) is 0 Å². The molecule has 0 heterocycles. The van der Waals surface area contributed by atoms with E-state index in [1.165, 1.54) is 7.11 Å². The van der Waals surface area contributed by atoms with Gasteiger partial charge in [0, 0.05) is 24.6 Å². The fourth-order valence-electron chi connectivity index (χ4n) is 1.14. The molecule has 0 fully saturated rings. The lowest BCUT2D eigenvalue weighted by molar-refractivity contribution is -0.136. The molecule has 0 saturated carbocycles. The summed E-state index contributed by atoms with van der Waals surface area (Å²) in [6.07, 6.45) is 8.39.